The van der Waals surface area contributed by atoms with Crippen LogP contribution in [0.2, 0.25) is 0 Å². The van der Waals surface area contributed by atoms with Gasteiger partial charge in [-0.05, 0) is 24.6 Å². The number of carbonyl (C=O) groups excluding carboxylic acids is 1. The molecule has 0 spiro atoms. The number of amides is 1. The number of nitrogens with zero attached hydrogens (tertiary/aromatic N) is 1. The van der Waals surface area contributed by atoms with Gasteiger partial charge in [0.2, 0.25) is 0 Å². The lowest BCUT2D eigenvalue weighted by Crippen LogP contribution is -2.13. The van der Waals surface area contributed by atoms with Gasteiger partial charge < -0.3 is 5.32 Å². The minimum absolute atomic E-state index is 0.112. The van der Waals surface area contributed by atoms with Crippen molar-refractivity contribution in [2.75, 3.05) is 5.32 Å². The van der Waals surface area contributed by atoms with Crippen LogP contribution in [-0.4, -0.2) is 10.9 Å². The first-order chi connectivity index (χ1) is 9.25. The first-order valence-electron chi connectivity index (χ1n) is 5.95. The van der Waals surface area contributed by atoms with E-state index in [1.54, 1.807) is 17.5 Å². The average molecular weight is 268 g/mol. The van der Waals surface area contributed by atoms with Crippen molar-refractivity contribution in [1.82, 2.24) is 4.98 Å². The number of aromatic nitrogens is 1. The molecule has 1 N–H and O–H groups in total. The molecule has 0 saturated heterocycles. The second-order valence-corrected chi connectivity index (χ2v) is 5.18. The molecule has 19 heavy (non-hydrogen) atoms. The van der Waals surface area contributed by atoms with Gasteiger partial charge in [0.05, 0.1) is 5.56 Å². The van der Waals surface area contributed by atoms with Crippen molar-refractivity contribution in [2.24, 2.45) is 0 Å². The number of rotatable bonds is 2. The zero-order chi connectivity index (χ0) is 13.2. The third-order valence-electron chi connectivity index (χ3n) is 2.97. The maximum Gasteiger partial charge on any atom is 0.258 e. The molecule has 0 unspecified atom stereocenters. The van der Waals surface area contributed by atoms with Crippen LogP contribution in [0.1, 0.15) is 15.9 Å². The predicted molar refractivity (Wildman–Crippen MR) is 78.8 cm³/mol. The van der Waals surface area contributed by atoms with Gasteiger partial charge in [-0.25, -0.2) is 4.98 Å². The molecule has 4 heteroatoms. The monoisotopic (exact) mass is 268 g/mol. The Bertz CT molecular complexity index is 748. The van der Waals surface area contributed by atoms with Gasteiger partial charge in [-0.15, -0.1) is 11.3 Å². The lowest BCUT2D eigenvalue weighted by atomic mass is 10.1. The molecule has 0 radical (unpaired) electrons. The van der Waals surface area contributed by atoms with Crippen molar-refractivity contribution in [3.63, 3.8) is 0 Å². The number of anilines is 1. The van der Waals surface area contributed by atoms with E-state index < -0.39 is 0 Å². The van der Waals surface area contributed by atoms with Gasteiger partial charge in [-0.1, -0.05) is 24.3 Å². The van der Waals surface area contributed by atoms with E-state index in [2.05, 4.69) is 10.3 Å². The number of hydrogen-bond acceptors (Lipinski definition) is 3. The highest BCUT2D eigenvalue weighted by molar-refractivity contribution is 7.17. The average Bonchev–Trinajstić information content (AvgIpc) is 2.85. The van der Waals surface area contributed by atoms with Gasteiger partial charge in [-0.3, -0.25) is 4.79 Å². The van der Waals surface area contributed by atoms with E-state index in [9.17, 15) is 4.79 Å². The quantitative estimate of drug-likeness (QED) is 0.767. The summed E-state index contributed by atoms with van der Waals surface area (Å²) in [5.41, 5.74) is 1.65. The minimum Gasteiger partial charge on any atom is -0.306 e. The maximum absolute atomic E-state index is 12.3. The molecule has 1 amide bonds. The van der Waals surface area contributed by atoms with Crippen LogP contribution >= 0.6 is 11.3 Å². The van der Waals surface area contributed by atoms with Crippen LogP contribution in [0.5, 0.6) is 0 Å². The van der Waals surface area contributed by atoms with E-state index in [4.69, 9.17) is 0 Å². The first kappa shape index (κ1) is 11.9. The van der Waals surface area contributed by atoms with Crippen LogP contribution in [0, 0.1) is 6.92 Å². The molecule has 3 nitrogen and oxygen atoms in total. The fourth-order valence-electron chi connectivity index (χ4n) is 1.95. The van der Waals surface area contributed by atoms with E-state index >= 15 is 0 Å². The van der Waals surface area contributed by atoms with Gasteiger partial charge in [0.15, 0.2) is 0 Å². The van der Waals surface area contributed by atoms with Gasteiger partial charge >= 0.3 is 0 Å². The molecule has 0 aliphatic carbocycles. The number of carbonyl (C=O) groups is 1. The number of fused-ring (bicyclic) bond motifs is 1. The molecule has 0 atom stereocenters. The molecular formula is C15H12N2OS. The summed E-state index contributed by atoms with van der Waals surface area (Å²) in [4.78, 5) is 16.5. The molecule has 0 fully saturated rings. The highest BCUT2D eigenvalue weighted by atomic mass is 32.1. The second kappa shape index (κ2) is 4.82. The number of aryl methyl sites for hydroxylation is 1. The maximum atomic E-state index is 12.3. The Morgan fingerprint density at radius 2 is 2.05 bits per heavy atom. The van der Waals surface area contributed by atoms with Crippen LogP contribution in [0.3, 0.4) is 0 Å². The Kier molecular flexibility index (Phi) is 3.01. The summed E-state index contributed by atoms with van der Waals surface area (Å²) in [6.07, 6.45) is 1.67. The topological polar surface area (TPSA) is 42.0 Å². The number of thiophene rings is 1. The molecule has 0 aliphatic heterocycles. The van der Waals surface area contributed by atoms with E-state index in [1.807, 2.05) is 48.7 Å². The van der Waals surface area contributed by atoms with Crippen molar-refractivity contribution in [1.29, 1.82) is 0 Å². The summed E-state index contributed by atoms with van der Waals surface area (Å²) in [5, 5.41) is 5.73. The molecule has 3 rings (SSSR count). The first-order valence-corrected chi connectivity index (χ1v) is 6.83. The van der Waals surface area contributed by atoms with Crippen LogP contribution in [0.15, 0.2) is 48.0 Å². The van der Waals surface area contributed by atoms with Crippen LogP contribution in [-0.2, 0) is 0 Å². The van der Waals surface area contributed by atoms with Crippen LogP contribution in [0.25, 0.3) is 10.1 Å². The molecule has 0 bridgehead atoms. The zero-order valence-electron chi connectivity index (χ0n) is 10.4. The highest BCUT2D eigenvalue weighted by Crippen LogP contribution is 2.26. The van der Waals surface area contributed by atoms with E-state index in [1.165, 1.54) is 0 Å². The Balaban J connectivity index is 1.95. The fraction of sp³-hybridized carbons (Fsp3) is 0.0667. The van der Waals surface area contributed by atoms with Crippen molar-refractivity contribution in [2.45, 2.75) is 6.92 Å². The fourth-order valence-corrected chi connectivity index (χ4v) is 2.89. The van der Waals surface area contributed by atoms with Gasteiger partial charge in [0.1, 0.15) is 5.82 Å². The third-order valence-corrected chi connectivity index (χ3v) is 3.93. The SMILES string of the molecule is Cc1cccnc1NC(=O)c1csc2ccccc12. The van der Waals surface area contributed by atoms with E-state index in [0.29, 0.717) is 11.4 Å². The van der Waals surface area contributed by atoms with Crippen molar-refractivity contribution in [3.8, 4) is 0 Å². The summed E-state index contributed by atoms with van der Waals surface area (Å²) in [6, 6.07) is 11.7. The summed E-state index contributed by atoms with van der Waals surface area (Å²) in [6.45, 7) is 1.92. The van der Waals surface area contributed by atoms with E-state index in [0.717, 1.165) is 15.6 Å². The molecular weight excluding hydrogens is 256 g/mol. The Labute approximate surface area is 114 Å². The van der Waals surface area contributed by atoms with Gasteiger partial charge in [0, 0.05) is 21.7 Å². The number of nitrogens with one attached hydrogen (secondary N) is 1. The van der Waals surface area contributed by atoms with Gasteiger partial charge in [-0.2, -0.15) is 0 Å². The normalized spacial score (nSPS) is 10.6. The van der Waals surface area contributed by atoms with Crippen molar-refractivity contribution in [3.05, 3.63) is 59.1 Å². The zero-order valence-corrected chi connectivity index (χ0v) is 11.2. The summed E-state index contributed by atoms with van der Waals surface area (Å²) in [5.74, 6) is 0.502. The lowest BCUT2D eigenvalue weighted by Gasteiger charge is -2.06. The smallest absolute Gasteiger partial charge is 0.258 e. The molecule has 1 aromatic carbocycles. The lowest BCUT2D eigenvalue weighted by molar-refractivity contribution is 0.102. The van der Waals surface area contributed by atoms with Crippen LogP contribution < -0.4 is 5.32 Å². The second-order valence-electron chi connectivity index (χ2n) is 4.27. The summed E-state index contributed by atoms with van der Waals surface area (Å²) in [7, 11) is 0. The number of pyridine rings is 1. The Morgan fingerprint density at radius 1 is 1.21 bits per heavy atom. The summed E-state index contributed by atoms with van der Waals surface area (Å²) >= 11 is 1.58. The number of hydrogen-bond donors (Lipinski definition) is 1. The van der Waals surface area contributed by atoms with E-state index in [-0.39, 0.29) is 5.91 Å². The third kappa shape index (κ3) is 2.22. The van der Waals surface area contributed by atoms with Crippen molar-refractivity contribution >= 4 is 33.1 Å². The van der Waals surface area contributed by atoms with Crippen LogP contribution in [0.4, 0.5) is 5.82 Å². The Hall–Kier alpha value is -2.20. The highest BCUT2D eigenvalue weighted by Gasteiger charge is 2.13. The molecule has 2 aromatic heterocycles. The van der Waals surface area contributed by atoms with Gasteiger partial charge in [0.25, 0.3) is 5.91 Å². The number of benzene rings is 1. The largest absolute Gasteiger partial charge is 0.306 e. The Morgan fingerprint density at radius 3 is 2.89 bits per heavy atom. The molecule has 0 aliphatic rings. The minimum atomic E-state index is -0.112. The molecule has 0 saturated carbocycles. The van der Waals surface area contributed by atoms with Crippen molar-refractivity contribution < 1.29 is 4.79 Å². The standard InChI is InChI=1S/C15H12N2OS/c1-10-5-4-8-16-14(10)17-15(18)12-9-19-13-7-3-2-6-11(12)13/h2-9H,1H3,(H,16,17,18). The summed E-state index contributed by atoms with van der Waals surface area (Å²) < 4.78 is 1.12. The molecule has 3 aromatic rings. The molecule has 94 valence electrons. The molecule has 2 heterocycles. The predicted octanol–water partition coefficient (Wildman–Crippen LogP) is 3.86.